The highest BCUT2D eigenvalue weighted by Crippen LogP contribution is 2.56. The fraction of sp³-hybridized carbons (Fsp3) is 0.625. The second-order valence-corrected chi connectivity index (χ2v) is 5.59. The molecular formula is C16H25NO2. The van der Waals surface area contributed by atoms with Gasteiger partial charge in [0.05, 0.1) is 14.2 Å². The molecule has 3 nitrogen and oxygen atoms in total. The van der Waals surface area contributed by atoms with Crippen molar-refractivity contribution in [2.45, 2.75) is 32.1 Å². The van der Waals surface area contributed by atoms with Gasteiger partial charge in [0.1, 0.15) is 11.5 Å². The van der Waals surface area contributed by atoms with Crippen LogP contribution in [0.25, 0.3) is 0 Å². The summed E-state index contributed by atoms with van der Waals surface area (Å²) < 4.78 is 10.8. The average Bonchev–Trinajstić information content (AvgIpc) is 3.10. The number of nitrogens with one attached hydrogen (secondary N) is 1. The molecule has 0 radical (unpaired) electrons. The Morgan fingerprint density at radius 3 is 2.74 bits per heavy atom. The van der Waals surface area contributed by atoms with E-state index < -0.39 is 0 Å². The Balaban J connectivity index is 2.13. The van der Waals surface area contributed by atoms with Gasteiger partial charge in [-0.25, -0.2) is 0 Å². The summed E-state index contributed by atoms with van der Waals surface area (Å²) in [5.74, 6) is 2.57. The van der Waals surface area contributed by atoms with Gasteiger partial charge in [0.2, 0.25) is 0 Å². The fourth-order valence-corrected chi connectivity index (χ4v) is 2.79. The second-order valence-electron chi connectivity index (χ2n) is 5.59. The molecule has 0 amide bonds. The predicted octanol–water partition coefficient (Wildman–Crippen LogP) is 2.98. The highest BCUT2D eigenvalue weighted by molar-refractivity contribution is 5.48. The average molecular weight is 263 g/mol. The summed E-state index contributed by atoms with van der Waals surface area (Å²) in [6.07, 6.45) is 2.40. The highest BCUT2D eigenvalue weighted by atomic mass is 16.5. The first-order chi connectivity index (χ1) is 9.15. The first kappa shape index (κ1) is 14.2. The Bertz CT molecular complexity index is 433. The quantitative estimate of drug-likeness (QED) is 0.767. The van der Waals surface area contributed by atoms with E-state index in [0.717, 1.165) is 24.6 Å². The van der Waals surface area contributed by atoms with Gasteiger partial charge in [0.25, 0.3) is 0 Å². The van der Waals surface area contributed by atoms with E-state index >= 15 is 0 Å². The molecule has 0 aliphatic heterocycles. The van der Waals surface area contributed by atoms with Gasteiger partial charge in [0.15, 0.2) is 0 Å². The molecule has 0 spiro atoms. The third-order valence-corrected chi connectivity index (χ3v) is 4.25. The van der Waals surface area contributed by atoms with Crippen molar-refractivity contribution in [3.05, 3.63) is 23.8 Å². The molecule has 19 heavy (non-hydrogen) atoms. The number of ether oxygens (including phenoxy) is 2. The van der Waals surface area contributed by atoms with Gasteiger partial charge in [-0.15, -0.1) is 0 Å². The van der Waals surface area contributed by atoms with Gasteiger partial charge >= 0.3 is 0 Å². The minimum Gasteiger partial charge on any atom is -0.497 e. The van der Waals surface area contributed by atoms with E-state index in [0.29, 0.717) is 5.92 Å². The molecule has 0 bridgehead atoms. The molecular weight excluding hydrogens is 238 g/mol. The van der Waals surface area contributed by atoms with E-state index in [2.05, 4.69) is 25.2 Å². The first-order valence-electron chi connectivity index (χ1n) is 7.09. The molecule has 2 rings (SSSR count). The van der Waals surface area contributed by atoms with E-state index in [-0.39, 0.29) is 5.41 Å². The smallest absolute Gasteiger partial charge is 0.122 e. The summed E-state index contributed by atoms with van der Waals surface area (Å²) in [4.78, 5) is 0. The van der Waals surface area contributed by atoms with Crippen LogP contribution in [0.5, 0.6) is 11.5 Å². The van der Waals surface area contributed by atoms with Crippen molar-refractivity contribution < 1.29 is 9.47 Å². The molecule has 1 saturated carbocycles. The van der Waals surface area contributed by atoms with E-state index in [9.17, 15) is 0 Å². The van der Waals surface area contributed by atoms with Gasteiger partial charge in [0, 0.05) is 11.0 Å². The topological polar surface area (TPSA) is 30.5 Å². The van der Waals surface area contributed by atoms with Crippen LogP contribution in [0.1, 0.15) is 32.3 Å². The lowest BCUT2D eigenvalue weighted by atomic mass is 9.94. The normalized spacial score (nSPS) is 25.2. The molecule has 0 saturated heterocycles. The van der Waals surface area contributed by atoms with Gasteiger partial charge in [-0.05, 0) is 50.0 Å². The minimum absolute atomic E-state index is 0.223. The van der Waals surface area contributed by atoms with Crippen molar-refractivity contribution in [1.29, 1.82) is 0 Å². The van der Waals surface area contributed by atoms with Crippen molar-refractivity contribution in [2.75, 3.05) is 27.3 Å². The zero-order valence-electron chi connectivity index (χ0n) is 12.5. The summed E-state index contributed by atoms with van der Waals surface area (Å²) in [5, 5.41) is 3.52. The molecule has 1 aliphatic rings. The summed E-state index contributed by atoms with van der Waals surface area (Å²) in [6, 6.07) is 6.09. The van der Waals surface area contributed by atoms with Gasteiger partial charge in [-0.1, -0.05) is 13.8 Å². The molecule has 1 N–H and O–H groups in total. The van der Waals surface area contributed by atoms with Crippen molar-refractivity contribution in [3.8, 4) is 11.5 Å². The zero-order chi connectivity index (χ0) is 13.9. The van der Waals surface area contributed by atoms with E-state index in [1.165, 1.54) is 18.4 Å². The number of rotatable bonds is 7. The van der Waals surface area contributed by atoms with Crippen molar-refractivity contribution >= 4 is 0 Å². The number of hydrogen-bond donors (Lipinski definition) is 1. The number of benzene rings is 1. The number of hydrogen-bond acceptors (Lipinski definition) is 3. The maximum absolute atomic E-state index is 5.51. The summed E-state index contributed by atoms with van der Waals surface area (Å²) in [6.45, 7) is 6.71. The van der Waals surface area contributed by atoms with E-state index in [4.69, 9.17) is 9.47 Å². The number of methoxy groups -OCH3 is 2. The molecule has 1 fully saturated rings. The van der Waals surface area contributed by atoms with Crippen LogP contribution in [-0.2, 0) is 5.41 Å². The fourth-order valence-electron chi connectivity index (χ4n) is 2.79. The lowest BCUT2D eigenvalue weighted by Crippen LogP contribution is -2.21. The largest absolute Gasteiger partial charge is 0.497 e. The summed E-state index contributed by atoms with van der Waals surface area (Å²) in [7, 11) is 3.45. The molecule has 0 heterocycles. The lowest BCUT2D eigenvalue weighted by Gasteiger charge is -2.17. The monoisotopic (exact) mass is 263 g/mol. The van der Waals surface area contributed by atoms with E-state index in [1.807, 2.05) is 12.1 Å². The van der Waals surface area contributed by atoms with Gasteiger partial charge in [-0.3, -0.25) is 0 Å². The summed E-state index contributed by atoms with van der Waals surface area (Å²) >= 11 is 0. The van der Waals surface area contributed by atoms with Crippen LogP contribution in [0, 0.1) is 5.92 Å². The third kappa shape index (κ3) is 2.86. The van der Waals surface area contributed by atoms with Crippen LogP contribution in [0.15, 0.2) is 18.2 Å². The maximum Gasteiger partial charge on any atom is 0.122 e. The lowest BCUT2D eigenvalue weighted by molar-refractivity contribution is 0.393. The maximum atomic E-state index is 5.51. The second kappa shape index (κ2) is 5.83. The molecule has 3 heteroatoms. The Morgan fingerprint density at radius 1 is 1.32 bits per heavy atom. The molecule has 1 aliphatic carbocycles. The van der Waals surface area contributed by atoms with E-state index in [1.54, 1.807) is 14.2 Å². The van der Waals surface area contributed by atoms with Crippen LogP contribution < -0.4 is 14.8 Å². The van der Waals surface area contributed by atoms with Crippen LogP contribution >= 0.6 is 0 Å². The first-order valence-corrected chi connectivity index (χ1v) is 7.09. The predicted molar refractivity (Wildman–Crippen MR) is 78.2 cm³/mol. The molecule has 1 aromatic carbocycles. The Morgan fingerprint density at radius 2 is 2.11 bits per heavy atom. The molecule has 2 unspecified atom stereocenters. The van der Waals surface area contributed by atoms with Crippen molar-refractivity contribution in [1.82, 2.24) is 5.32 Å². The Labute approximate surface area is 116 Å². The third-order valence-electron chi connectivity index (χ3n) is 4.25. The Kier molecular flexibility index (Phi) is 4.35. The molecule has 2 atom stereocenters. The standard InChI is InChI=1S/C16H25NO2/c1-5-8-17-11-12-10-16(12,2)14-9-13(18-3)6-7-15(14)19-4/h6-7,9,12,17H,5,8,10-11H2,1-4H3. The summed E-state index contributed by atoms with van der Waals surface area (Å²) in [5.41, 5.74) is 1.50. The molecule has 106 valence electrons. The van der Waals surface area contributed by atoms with Gasteiger partial charge in [-0.2, -0.15) is 0 Å². The van der Waals surface area contributed by atoms with Crippen molar-refractivity contribution in [3.63, 3.8) is 0 Å². The minimum atomic E-state index is 0.223. The molecule has 1 aromatic rings. The van der Waals surface area contributed by atoms with Crippen LogP contribution in [0.3, 0.4) is 0 Å². The van der Waals surface area contributed by atoms with Crippen molar-refractivity contribution in [2.24, 2.45) is 5.92 Å². The zero-order valence-corrected chi connectivity index (χ0v) is 12.5. The molecule has 0 aromatic heterocycles. The van der Waals surface area contributed by atoms with Crippen LogP contribution in [0.4, 0.5) is 0 Å². The highest BCUT2D eigenvalue weighted by Gasteiger charge is 2.52. The van der Waals surface area contributed by atoms with Gasteiger partial charge < -0.3 is 14.8 Å². The van der Waals surface area contributed by atoms with Crippen LogP contribution in [0.2, 0.25) is 0 Å². The van der Waals surface area contributed by atoms with Crippen LogP contribution in [-0.4, -0.2) is 27.3 Å². The SMILES string of the molecule is CCCNCC1CC1(C)c1cc(OC)ccc1OC. The Hall–Kier alpha value is -1.22.